The molecule has 0 bridgehead atoms. The number of carbonyl (C=O) groups excluding carboxylic acids is 3. The summed E-state index contributed by atoms with van der Waals surface area (Å²) >= 11 is 0. The number of nitrogens with zero attached hydrogens (tertiary/aromatic N) is 2. The predicted molar refractivity (Wildman–Crippen MR) is 107 cm³/mol. The SMILES string of the molecule is COc1ccccc1N1C(=O)c2ccc(C(=O)c3cccc([N+](=O)[O-])c3)cc2C1=O. The van der Waals surface area contributed by atoms with E-state index in [0.717, 1.165) is 4.90 Å². The number of hydrogen-bond acceptors (Lipinski definition) is 6. The van der Waals surface area contributed by atoms with Crippen molar-refractivity contribution in [3.63, 3.8) is 0 Å². The third-order valence-corrected chi connectivity index (χ3v) is 4.79. The lowest BCUT2D eigenvalue weighted by Gasteiger charge is -2.16. The molecule has 30 heavy (non-hydrogen) atoms. The normalized spacial score (nSPS) is 12.6. The van der Waals surface area contributed by atoms with Gasteiger partial charge in [-0.2, -0.15) is 0 Å². The molecule has 148 valence electrons. The van der Waals surface area contributed by atoms with Crippen LogP contribution in [0.1, 0.15) is 36.6 Å². The van der Waals surface area contributed by atoms with E-state index in [1.807, 2.05) is 0 Å². The van der Waals surface area contributed by atoms with Crippen molar-refractivity contribution in [3.05, 3.63) is 99.1 Å². The third kappa shape index (κ3) is 3.00. The molecule has 1 heterocycles. The highest BCUT2D eigenvalue weighted by atomic mass is 16.6. The summed E-state index contributed by atoms with van der Waals surface area (Å²) in [4.78, 5) is 50.0. The van der Waals surface area contributed by atoms with Crippen LogP contribution >= 0.6 is 0 Å². The maximum absolute atomic E-state index is 13.0. The summed E-state index contributed by atoms with van der Waals surface area (Å²) in [5.41, 5.74) is 0.608. The predicted octanol–water partition coefficient (Wildman–Crippen LogP) is 3.64. The average molecular weight is 402 g/mol. The second-order valence-electron chi connectivity index (χ2n) is 6.51. The van der Waals surface area contributed by atoms with E-state index in [0.29, 0.717) is 11.4 Å². The van der Waals surface area contributed by atoms with Crippen LogP contribution in [-0.2, 0) is 0 Å². The fraction of sp³-hybridized carbons (Fsp3) is 0.0455. The minimum Gasteiger partial charge on any atom is -0.495 e. The lowest BCUT2D eigenvalue weighted by Crippen LogP contribution is -2.29. The third-order valence-electron chi connectivity index (χ3n) is 4.79. The Labute approximate surface area is 170 Å². The Morgan fingerprint density at radius 1 is 0.900 bits per heavy atom. The number of fused-ring (bicyclic) bond motifs is 1. The number of nitro groups is 1. The maximum atomic E-state index is 13.0. The molecule has 0 saturated carbocycles. The van der Waals surface area contributed by atoms with Gasteiger partial charge in [0, 0.05) is 23.3 Å². The van der Waals surface area contributed by atoms with Crippen molar-refractivity contribution in [2.24, 2.45) is 0 Å². The Balaban J connectivity index is 1.73. The zero-order valence-corrected chi connectivity index (χ0v) is 15.7. The van der Waals surface area contributed by atoms with E-state index in [1.54, 1.807) is 24.3 Å². The van der Waals surface area contributed by atoms with Gasteiger partial charge in [0.2, 0.25) is 0 Å². The van der Waals surface area contributed by atoms with E-state index in [-0.39, 0.29) is 27.9 Å². The summed E-state index contributed by atoms with van der Waals surface area (Å²) in [5.74, 6) is -1.22. The van der Waals surface area contributed by atoms with Crippen molar-refractivity contribution >= 4 is 29.0 Å². The highest BCUT2D eigenvalue weighted by Gasteiger charge is 2.38. The quantitative estimate of drug-likeness (QED) is 0.279. The number of carbonyl (C=O) groups is 3. The zero-order valence-electron chi connectivity index (χ0n) is 15.7. The Morgan fingerprint density at radius 3 is 2.33 bits per heavy atom. The minimum atomic E-state index is -0.590. The topological polar surface area (TPSA) is 107 Å². The van der Waals surface area contributed by atoms with Crippen molar-refractivity contribution in [2.75, 3.05) is 12.0 Å². The van der Waals surface area contributed by atoms with Crippen molar-refractivity contribution in [2.45, 2.75) is 0 Å². The monoisotopic (exact) mass is 402 g/mol. The first-order valence-corrected chi connectivity index (χ1v) is 8.87. The fourth-order valence-electron chi connectivity index (χ4n) is 3.34. The molecule has 8 heteroatoms. The number of hydrogen-bond donors (Lipinski definition) is 0. The standard InChI is InChI=1S/C22H14N2O6/c1-30-19-8-3-2-7-18(19)23-21(26)16-10-9-14(12-17(16)22(23)27)20(25)13-5-4-6-15(11-13)24(28)29/h2-12H,1H3. The van der Waals surface area contributed by atoms with Crippen LogP contribution in [0.3, 0.4) is 0 Å². The molecule has 0 unspecified atom stereocenters. The summed E-state index contributed by atoms with van der Waals surface area (Å²) in [6, 6.07) is 16.1. The van der Waals surface area contributed by atoms with Crippen molar-refractivity contribution in [3.8, 4) is 5.75 Å². The Bertz CT molecular complexity index is 1230. The second-order valence-corrected chi connectivity index (χ2v) is 6.51. The maximum Gasteiger partial charge on any atom is 0.270 e. The largest absolute Gasteiger partial charge is 0.495 e. The second kappa shape index (κ2) is 7.25. The number of rotatable bonds is 5. The van der Waals surface area contributed by atoms with Gasteiger partial charge in [0.25, 0.3) is 17.5 Å². The minimum absolute atomic E-state index is 0.0854. The van der Waals surface area contributed by atoms with Crippen LogP contribution in [0.15, 0.2) is 66.7 Å². The van der Waals surface area contributed by atoms with Crippen LogP contribution in [0, 0.1) is 10.1 Å². The lowest BCUT2D eigenvalue weighted by atomic mass is 9.99. The van der Waals surface area contributed by atoms with Crippen molar-refractivity contribution in [1.82, 2.24) is 0 Å². The molecule has 0 spiro atoms. The molecule has 0 fully saturated rings. The molecule has 2 amide bonds. The Hall–Kier alpha value is -4.33. The summed E-state index contributed by atoms with van der Waals surface area (Å²) < 4.78 is 5.25. The van der Waals surface area contributed by atoms with E-state index >= 15 is 0 Å². The van der Waals surface area contributed by atoms with Crippen LogP contribution in [0.25, 0.3) is 0 Å². The molecule has 0 radical (unpaired) electrons. The van der Waals surface area contributed by atoms with Gasteiger partial charge in [0.15, 0.2) is 5.78 Å². The van der Waals surface area contributed by atoms with E-state index < -0.39 is 22.5 Å². The van der Waals surface area contributed by atoms with Gasteiger partial charge in [-0.3, -0.25) is 24.5 Å². The van der Waals surface area contributed by atoms with E-state index in [9.17, 15) is 24.5 Å². The number of amides is 2. The number of methoxy groups -OCH3 is 1. The highest BCUT2D eigenvalue weighted by molar-refractivity contribution is 6.35. The number of benzene rings is 3. The van der Waals surface area contributed by atoms with Crippen molar-refractivity contribution < 1.29 is 24.0 Å². The molecule has 3 aromatic carbocycles. The molecule has 4 rings (SSSR count). The molecule has 3 aromatic rings. The number of imide groups is 1. The molecule has 0 aliphatic carbocycles. The van der Waals surface area contributed by atoms with Gasteiger partial charge >= 0.3 is 0 Å². The average Bonchev–Trinajstić information content (AvgIpc) is 3.02. The molecule has 1 aliphatic rings. The Morgan fingerprint density at radius 2 is 1.60 bits per heavy atom. The first kappa shape index (κ1) is 19.0. The van der Waals surface area contributed by atoms with Crippen LogP contribution in [0.5, 0.6) is 5.75 Å². The van der Waals surface area contributed by atoms with E-state index in [2.05, 4.69) is 0 Å². The Kier molecular flexibility index (Phi) is 4.59. The number of ether oxygens (including phenoxy) is 1. The first-order chi connectivity index (χ1) is 14.4. The number of non-ortho nitro benzene ring substituents is 1. The summed E-state index contributed by atoms with van der Waals surface area (Å²) in [6.07, 6.45) is 0. The van der Waals surface area contributed by atoms with Gasteiger partial charge in [0.1, 0.15) is 5.75 Å². The number of anilines is 1. The molecular formula is C22H14N2O6. The summed E-state index contributed by atoms with van der Waals surface area (Å²) in [5, 5.41) is 11.0. The molecular weight excluding hydrogens is 388 g/mol. The molecule has 0 atom stereocenters. The molecule has 0 saturated heterocycles. The van der Waals surface area contributed by atoms with Crippen LogP contribution in [-0.4, -0.2) is 29.6 Å². The lowest BCUT2D eigenvalue weighted by molar-refractivity contribution is -0.384. The molecule has 1 aliphatic heterocycles. The van der Waals surface area contributed by atoms with Crippen LogP contribution < -0.4 is 9.64 Å². The van der Waals surface area contributed by atoms with Gasteiger partial charge in [-0.05, 0) is 24.3 Å². The van der Waals surface area contributed by atoms with Gasteiger partial charge in [-0.1, -0.05) is 30.3 Å². The van der Waals surface area contributed by atoms with Crippen LogP contribution in [0.2, 0.25) is 0 Å². The smallest absolute Gasteiger partial charge is 0.270 e. The molecule has 0 aromatic heterocycles. The summed E-state index contributed by atoms with van der Waals surface area (Å²) in [6.45, 7) is 0. The van der Waals surface area contributed by atoms with E-state index in [1.165, 1.54) is 49.6 Å². The highest BCUT2D eigenvalue weighted by Crippen LogP contribution is 2.35. The zero-order chi connectivity index (χ0) is 21.4. The molecule has 0 N–H and O–H groups in total. The fourth-order valence-corrected chi connectivity index (χ4v) is 3.34. The van der Waals surface area contributed by atoms with Crippen LogP contribution in [0.4, 0.5) is 11.4 Å². The molecule has 8 nitrogen and oxygen atoms in total. The van der Waals surface area contributed by atoms with Gasteiger partial charge in [0.05, 0.1) is 28.8 Å². The van der Waals surface area contributed by atoms with Gasteiger partial charge in [-0.15, -0.1) is 0 Å². The number of nitro benzene ring substituents is 1. The number of ketones is 1. The van der Waals surface area contributed by atoms with E-state index in [4.69, 9.17) is 4.74 Å². The number of para-hydroxylation sites is 2. The summed E-state index contributed by atoms with van der Waals surface area (Å²) in [7, 11) is 1.44. The van der Waals surface area contributed by atoms with Gasteiger partial charge < -0.3 is 4.74 Å². The van der Waals surface area contributed by atoms with Gasteiger partial charge in [-0.25, -0.2) is 4.90 Å². The first-order valence-electron chi connectivity index (χ1n) is 8.87. The van der Waals surface area contributed by atoms with Crippen molar-refractivity contribution in [1.29, 1.82) is 0 Å².